The molecule has 0 aromatic carbocycles. The molecule has 0 fully saturated rings. The molecule has 0 aliphatic carbocycles. The highest BCUT2D eigenvalue weighted by atomic mass is 127. The molecule has 6 heteroatoms. The van der Waals surface area contributed by atoms with Crippen molar-refractivity contribution in [2.24, 2.45) is 0 Å². The number of hydrogen-bond donors (Lipinski definition) is 0. The smallest absolute Gasteiger partial charge is 0.300 e. The van der Waals surface area contributed by atoms with Gasteiger partial charge in [0.05, 0.1) is 10.2 Å². The third-order valence-electron chi connectivity index (χ3n) is 2.05. The Morgan fingerprint density at radius 1 is 1.47 bits per heavy atom. The van der Waals surface area contributed by atoms with Gasteiger partial charge in [-0.2, -0.15) is 0 Å². The van der Waals surface area contributed by atoms with Crippen molar-refractivity contribution in [1.29, 1.82) is 0 Å². The Balaban J connectivity index is 3.28. The second-order valence-corrected chi connectivity index (χ2v) is 4.21. The van der Waals surface area contributed by atoms with Gasteiger partial charge >= 0.3 is 5.69 Å². The molecule has 0 N–H and O–H groups in total. The van der Waals surface area contributed by atoms with Crippen LogP contribution in [0.4, 0.5) is 4.39 Å². The zero-order valence-electron chi connectivity index (χ0n) is 8.37. The SMILES string of the molecule is CCn1cc(I)c(=O)n(CCCF)c1=O. The Hall–Kier alpha value is -0.660. The molecule has 0 aliphatic rings. The molecular formula is C9H12FIN2O2. The van der Waals surface area contributed by atoms with E-state index in [0.29, 0.717) is 10.1 Å². The highest BCUT2D eigenvalue weighted by Crippen LogP contribution is 1.95. The number of aromatic nitrogens is 2. The summed E-state index contributed by atoms with van der Waals surface area (Å²) in [7, 11) is 0. The zero-order chi connectivity index (χ0) is 11.4. The van der Waals surface area contributed by atoms with Crippen LogP contribution < -0.4 is 11.2 Å². The Morgan fingerprint density at radius 2 is 2.13 bits per heavy atom. The Bertz CT molecular complexity index is 452. The van der Waals surface area contributed by atoms with E-state index in [1.54, 1.807) is 0 Å². The van der Waals surface area contributed by atoms with E-state index >= 15 is 0 Å². The first-order valence-corrected chi connectivity index (χ1v) is 5.75. The first-order chi connectivity index (χ1) is 7.11. The molecule has 1 aromatic rings. The quantitative estimate of drug-likeness (QED) is 0.775. The van der Waals surface area contributed by atoms with Gasteiger partial charge < -0.3 is 0 Å². The summed E-state index contributed by atoms with van der Waals surface area (Å²) in [6.45, 7) is 1.95. The van der Waals surface area contributed by atoms with Gasteiger partial charge in [0.1, 0.15) is 0 Å². The first kappa shape index (κ1) is 12.4. The van der Waals surface area contributed by atoms with Crippen molar-refractivity contribution in [1.82, 2.24) is 9.13 Å². The van der Waals surface area contributed by atoms with Crippen molar-refractivity contribution in [2.75, 3.05) is 6.67 Å². The van der Waals surface area contributed by atoms with Gasteiger partial charge in [0, 0.05) is 19.3 Å². The minimum absolute atomic E-state index is 0.144. The fraction of sp³-hybridized carbons (Fsp3) is 0.556. The highest BCUT2D eigenvalue weighted by Gasteiger charge is 2.07. The molecular weight excluding hydrogens is 314 g/mol. The number of halogens is 2. The fourth-order valence-corrected chi connectivity index (χ4v) is 1.89. The Kier molecular flexibility index (Phi) is 4.49. The summed E-state index contributed by atoms with van der Waals surface area (Å²) in [5.41, 5.74) is -0.699. The third-order valence-corrected chi connectivity index (χ3v) is 2.79. The van der Waals surface area contributed by atoms with Gasteiger partial charge in [-0.05, 0) is 35.9 Å². The van der Waals surface area contributed by atoms with Crippen molar-refractivity contribution in [3.63, 3.8) is 0 Å². The van der Waals surface area contributed by atoms with Gasteiger partial charge in [0.15, 0.2) is 0 Å². The molecule has 0 saturated carbocycles. The number of hydrogen-bond acceptors (Lipinski definition) is 2. The third kappa shape index (κ3) is 2.67. The molecule has 0 atom stereocenters. The molecule has 0 unspecified atom stereocenters. The van der Waals surface area contributed by atoms with Crippen LogP contribution in [0.25, 0.3) is 0 Å². The molecule has 4 nitrogen and oxygen atoms in total. The summed E-state index contributed by atoms with van der Waals surface area (Å²) in [4.78, 5) is 23.3. The van der Waals surface area contributed by atoms with E-state index in [4.69, 9.17) is 0 Å². The van der Waals surface area contributed by atoms with E-state index in [0.717, 1.165) is 4.57 Å². The lowest BCUT2D eigenvalue weighted by Gasteiger charge is -2.08. The average Bonchev–Trinajstić information content (AvgIpc) is 2.23. The summed E-state index contributed by atoms with van der Waals surface area (Å²) >= 11 is 1.88. The van der Waals surface area contributed by atoms with Crippen LogP contribution in [-0.4, -0.2) is 15.8 Å². The van der Waals surface area contributed by atoms with Crippen LogP contribution >= 0.6 is 22.6 Å². The molecule has 84 valence electrons. The maximum Gasteiger partial charge on any atom is 0.331 e. The lowest BCUT2D eigenvalue weighted by atomic mass is 10.4. The minimum atomic E-state index is -0.524. The van der Waals surface area contributed by atoms with Crippen molar-refractivity contribution in [2.45, 2.75) is 26.4 Å². The van der Waals surface area contributed by atoms with Gasteiger partial charge in [-0.25, -0.2) is 4.79 Å². The van der Waals surface area contributed by atoms with Crippen LogP contribution in [0.1, 0.15) is 13.3 Å². The van der Waals surface area contributed by atoms with E-state index < -0.39 is 6.67 Å². The molecule has 0 saturated heterocycles. The van der Waals surface area contributed by atoms with E-state index in [1.807, 2.05) is 29.5 Å². The second kappa shape index (κ2) is 5.43. The monoisotopic (exact) mass is 326 g/mol. The molecule has 0 amide bonds. The van der Waals surface area contributed by atoms with Gasteiger partial charge in [-0.3, -0.25) is 18.3 Å². The van der Waals surface area contributed by atoms with Gasteiger partial charge in [-0.1, -0.05) is 0 Å². The topological polar surface area (TPSA) is 44.0 Å². The summed E-state index contributed by atoms with van der Waals surface area (Å²) < 4.78 is 15.0. The van der Waals surface area contributed by atoms with Crippen molar-refractivity contribution >= 4 is 22.6 Å². The lowest BCUT2D eigenvalue weighted by Crippen LogP contribution is -2.40. The van der Waals surface area contributed by atoms with E-state index in [2.05, 4.69) is 0 Å². The van der Waals surface area contributed by atoms with E-state index in [9.17, 15) is 14.0 Å². The summed E-state index contributed by atoms with van der Waals surface area (Å²) in [5, 5.41) is 0. The maximum absolute atomic E-state index is 12.0. The Morgan fingerprint density at radius 3 is 2.67 bits per heavy atom. The van der Waals surface area contributed by atoms with Crippen LogP contribution in [0.3, 0.4) is 0 Å². The van der Waals surface area contributed by atoms with Crippen molar-refractivity contribution in [3.8, 4) is 0 Å². The van der Waals surface area contributed by atoms with Gasteiger partial charge in [0.25, 0.3) is 5.56 Å². The number of alkyl halides is 1. The predicted octanol–water partition coefficient (Wildman–Crippen LogP) is 0.994. The molecule has 0 spiro atoms. The summed E-state index contributed by atoms with van der Waals surface area (Å²) in [6.07, 6.45) is 1.72. The number of aryl methyl sites for hydroxylation is 1. The number of rotatable bonds is 4. The van der Waals surface area contributed by atoms with Gasteiger partial charge in [-0.15, -0.1) is 0 Å². The average molecular weight is 326 g/mol. The molecule has 1 rings (SSSR count). The van der Waals surface area contributed by atoms with Gasteiger partial charge in [0.2, 0.25) is 0 Å². The first-order valence-electron chi connectivity index (χ1n) is 4.67. The highest BCUT2D eigenvalue weighted by molar-refractivity contribution is 14.1. The van der Waals surface area contributed by atoms with Crippen molar-refractivity contribution in [3.05, 3.63) is 30.6 Å². The Labute approximate surface area is 99.9 Å². The van der Waals surface area contributed by atoms with Crippen LogP contribution in [0, 0.1) is 3.57 Å². The minimum Gasteiger partial charge on any atom is -0.300 e. The number of nitrogens with zero attached hydrogens (tertiary/aromatic N) is 2. The van der Waals surface area contributed by atoms with Crippen LogP contribution in [0.5, 0.6) is 0 Å². The largest absolute Gasteiger partial charge is 0.331 e. The van der Waals surface area contributed by atoms with Crippen LogP contribution in [0.15, 0.2) is 15.8 Å². The van der Waals surface area contributed by atoms with Crippen LogP contribution in [-0.2, 0) is 13.1 Å². The normalized spacial score (nSPS) is 10.6. The van der Waals surface area contributed by atoms with Crippen LogP contribution in [0.2, 0.25) is 0 Å². The molecule has 0 aliphatic heterocycles. The summed E-state index contributed by atoms with van der Waals surface area (Å²) in [6, 6.07) is 0. The second-order valence-electron chi connectivity index (χ2n) is 3.04. The lowest BCUT2D eigenvalue weighted by molar-refractivity contribution is 0.431. The molecule has 1 aromatic heterocycles. The van der Waals surface area contributed by atoms with E-state index in [1.165, 1.54) is 10.8 Å². The molecule has 15 heavy (non-hydrogen) atoms. The molecule has 0 bridgehead atoms. The maximum atomic E-state index is 12.0. The van der Waals surface area contributed by atoms with E-state index in [-0.39, 0.29) is 24.2 Å². The fourth-order valence-electron chi connectivity index (χ4n) is 1.26. The molecule has 0 radical (unpaired) electrons. The zero-order valence-corrected chi connectivity index (χ0v) is 10.5. The summed E-state index contributed by atoms with van der Waals surface area (Å²) in [5.74, 6) is 0. The predicted molar refractivity (Wildman–Crippen MR) is 63.9 cm³/mol. The molecule has 1 heterocycles. The van der Waals surface area contributed by atoms with Crippen molar-refractivity contribution < 1.29 is 4.39 Å². The standard InChI is InChI=1S/C9H12FIN2O2/c1-2-12-6-7(11)8(14)13(9(12)15)5-3-4-10/h6H,2-5H2,1H3.